The molecule has 3 rings (SSSR count). The van der Waals surface area contributed by atoms with Crippen molar-refractivity contribution in [3.05, 3.63) is 66.4 Å². The molecule has 0 aliphatic rings. The molecule has 0 fully saturated rings. The van der Waals surface area contributed by atoms with Crippen LogP contribution in [-0.2, 0) is 6.18 Å². The van der Waals surface area contributed by atoms with Crippen LogP contribution in [0.4, 0.5) is 24.8 Å². The third-order valence-corrected chi connectivity index (χ3v) is 5.81. The molecule has 0 bridgehead atoms. The number of halogens is 3. The van der Waals surface area contributed by atoms with E-state index >= 15 is 0 Å². The first-order valence-corrected chi connectivity index (χ1v) is 11.3. The van der Waals surface area contributed by atoms with Crippen molar-refractivity contribution in [2.24, 2.45) is 0 Å². The van der Waals surface area contributed by atoms with Gasteiger partial charge >= 0.3 is 6.18 Å². The highest BCUT2D eigenvalue weighted by molar-refractivity contribution is 7.99. The van der Waals surface area contributed by atoms with Gasteiger partial charge < -0.3 is 9.64 Å². The minimum atomic E-state index is -4.54. The molecule has 4 nitrogen and oxygen atoms in total. The molecule has 0 unspecified atom stereocenters. The maximum atomic E-state index is 13.5. The van der Waals surface area contributed by atoms with Crippen LogP contribution in [0.5, 0.6) is 5.75 Å². The summed E-state index contributed by atoms with van der Waals surface area (Å²) in [5.74, 6) is 0.942. The predicted octanol–water partition coefficient (Wildman–Crippen LogP) is 7.37. The number of ether oxygens (including phenoxy) is 1. The highest BCUT2D eigenvalue weighted by atomic mass is 32.2. The summed E-state index contributed by atoms with van der Waals surface area (Å²) in [5.41, 5.74) is -0.103. The van der Waals surface area contributed by atoms with Crippen LogP contribution < -0.4 is 9.64 Å². The minimum Gasteiger partial charge on any atom is -0.494 e. The zero-order chi connectivity index (χ0) is 23.0. The summed E-state index contributed by atoms with van der Waals surface area (Å²) in [6.45, 7) is 2.83. The second-order valence-electron chi connectivity index (χ2n) is 7.26. The van der Waals surface area contributed by atoms with Gasteiger partial charge in [0.1, 0.15) is 16.3 Å². The molecule has 0 amide bonds. The van der Waals surface area contributed by atoms with Crippen LogP contribution in [0.3, 0.4) is 0 Å². The SMILES string of the molecule is CCCCCCOc1ccc(N(C)c2ncc(C(F)(F)F)c(Sc3ccccc3)n2)cc1. The van der Waals surface area contributed by atoms with Crippen LogP contribution in [0.15, 0.2) is 70.7 Å². The van der Waals surface area contributed by atoms with E-state index in [4.69, 9.17) is 4.74 Å². The van der Waals surface area contributed by atoms with Gasteiger partial charge in [0.15, 0.2) is 0 Å². The zero-order valence-electron chi connectivity index (χ0n) is 18.1. The third kappa shape index (κ3) is 6.63. The Morgan fingerprint density at radius 2 is 1.69 bits per heavy atom. The summed E-state index contributed by atoms with van der Waals surface area (Å²) >= 11 is 0.967. The maximum absolute atomic E-state index is 13.5. The zero-order valence-corrected chi connectivity index (χ0v) is 18.9. The van der Waals surface area contributed by atoms with Crippen LogP contribution in [0, 0.1) is 0 Å². The monoisotopic (exact) mass is 461 g/mol. The molecule has 8 heteroatoms. The molecule has 0 aliphatic carbocycles. The Morgan fingerprint density at radius 3 is 2.34 bits per heavy atom. The number of anilines is 2. The quantitative estimate of drug-likeness (QED) is 0.233. The van der Waals surface area contributed by atoms with E-state index in [9.17, 15) is 13.2 Å². The molecule has 0 aliphatic heterocycles. The van der Waals surface area contributed by atoms with E-state index in [0.717, 1.165) is 42.2 Å². The molecular weight excluding hydrogens is 435 g/mol. The van der Waals surface area contributed by atoms with E-state index < -0.39 is 11.7 Å². The lowest BCUT2D eigenvalue weighted by molar-refractivity contribution is -0.140. The summed E-state index contributed by atoms with van der Waals surface area (Å²) in [6.07, 6.45) is 0.842. The molecular formula is C24H26F3N3OS. The van der Waals surface area contributed by atoms with Crippen molar-refractivity contribution in [2.45, 2.75) is 48.7 Å². The molecule has 0 saturated heterocycles. The maximum Gasteiger partial charge on any atom is 0.420 e. The molecule has 170 valence electrons. The molecule has 1 heterocycles. The van der Waals surface area contributed by atoms with E-state index in [2.05, 4.69) is 16.9 Å². The van der Waals surface area contributed by atoms with Crippen LogP contribution in [0.25, 0.3) is 0 Å². The standard InChI is InChI=1S/C24H26F3N3OS/c1-3-4-5-9-16-31-19-14-12-18(13-15-19)30(2)23-28-17-21(24(25,26)27)22(29-23)32-20-10-7-6-8-11-20/h6-8,10-15,17H,3-5,9,16H2,1-2H3. The number of benzene rings is 2. The van der Waals surface area contributed by atoms with E-state index in [-0.39, 0.29) is 11.0 Å². The third-order valence-electron chi connectivity index (χ3n) is 4.79. The molecule has 32 heavy (non-hydrogen) atoms. The van der Waals surface area contributed by atoms with E-state index in [1.807, 2.05) is 30.3 Å². The first-order chi connectivity index (χ1) is 15.4. The first kappa shape index (κ1) is 23.9. The van der Waals surface area contributed by atoms with Gasteiger partial charge in [-0.25, -0.2) is 9.97 Å². The second kappa shape index (κ2) is 11.2. The van der Waals surface area contributed by atoms with Crippen molar-refractivity contribution < 1.29 is 17.9 Å². The molecule has 0 radical (unpaired) electrons. The van der Waals surface area contributed by atoms with Gasteiger partial charge in [-0.15, -0.1) is 0 Å². The van der Waals surface area contributed by atoms with Gasteiger partial charge in [0.2, 0.25) is 5.95 Å². The molecule has 0 saturated carbocycles. The second-order valence-corrected chi connectivity index (χ2v) is 8.33. The van der Waals surface area contributed by atoms with Gasteiger partial charge in [0.05, 0.1) is 6.61 Å². The van der Waals surface area contributed by atoms with Crippen LogP contribution in [0.2, 0.25) is 0 Å². The Bertz CT molecular complexity index is 982. The smallest absolute Gasteiger partial charge is 0.420 e. The lowest BCUT2D eigenvalue weighted by atomic mass is 10.2. The van der Waals surface area contributed by atoms with Gasteiger partial charge in [-0.2, -0.15) is 13.2 Å². The fourth-order valence-electron chi connectivity index (χ4n) is 2.99. The van der Waals surface area contributed by atoms with E-state index in [1.54, 1.807) is 36.2 Å². The topological polar surface area (TPSA) is 38.2 Å². The highest BCUT2D eigenvalue weighted by Gasteiger charge is 2.35. The van der Waals surface area contributed by atoms with Crippen LogP contribution in [-0.4, -0.2) is 23.6 Å². The fourth-order valence-corrected chi connectivity index (χ4v) is 3.91. The number of hydrogen-bond acceptors (Lipinski definition) is 5. The Kier molecular flexibility index (Phi) is 8.39. The summed E-state index contributed by atoms with van der Waals surface area (Å²) in [4.78, 5) is 10.5. The van der Waals surface area contributed by atoms with Gasteiger partial charge in [-0.1, -0.05) is 56.1 Å². The van der Waals surface area contributed by atoms with Crippen molar-refractivity contribution in [3.63, 3.8) is 0 Å². The Labute approximate surface area is 190 Å². The largest absolute Gasteiger partial charge is 0.494 e. The van der Waals surface area contributed by atoms with E-state index in [1.165, 1.54) is 12.8 Å². The molecule has 3 aromatic rings. The van der Waals surface area contributed by atoms with Gasteiger partial charge in [-0.3, -0.25) is 0 Å². The molecule has 0 atom stereocenters. The number of rotatable bonds is 10. The Morgan fingerprint density at radius 1 is 0.969 bits per heavy atom. The van der Waals surface area contributed by atoms with Crippen LogP contribution >= 0.6 is 11.8 Å². The highest BCUT2D eigenvalue weighted by Crippen LogP contribution is 2.39. The Hall–Kier alpha value is -2.74. The van der Waals surface area contributed by atoms with Gasteiger partial charge in [0.25, 0.3) is 0 Å². The summed E-state index contributed by atoms with van der Waals surface area (Å²) in [7, 11) is 1.72. The van der Waals surface area contributed by atoms with Gasteiger partial charge in [0, 0.05) is 23.8 Å². The predicted molar refractivity (Wildman–Crippen MR) is 122 cm³/mol. The van der Waals surface area contributed by atoms with E-state index in [0.29, 0.717) is 11.5 Å². The minimum absolute atomic E-state index is 0.132. The lowest BCUT2D eigenvalue weighted by Gasteiger charge is -2.20. The normalized spacial score (nSPS) is 11.4. The Balaban J connectivity index is 1.76. The number of unbranched alkanes of at least 4 members (excludes halogenated alkanes) is 3. The summed E-state index contributed by atoms with van der Waals surface area (Å²) in [6, 6.07) is 16.2. The first-order valence-electron chi connectivity index (χ1n) is 10.5. The van der Waals surface area contributed by atoms with Crippen molar-refractivity contribution >= 4 is 23.4 Å². The molecule has 0 spiro atoms. The lowest BCUT2D eigenvalue weighted by Crippen LogP contribution is -2.16. The number of nitrogens with zero attached hydrogens (tertiary/aromatic N) is 3. The van der Waals surface area contributed by atoms with Crippen molar-refractivity contribution in [1.82, 2.24) is 9.97 Å². The molecule has 1 aromatic heterocycles. The number of alkyl halides is 3. The summed E-state index contributed by atoms with van der Waals surface area (Å²) in [5, 5.41) is -0.132. The molecule has 0 N–H and O–H groups in total. The van der Waals surface area contributed by atoms with Crippen molar-refractivity contribution in [2.75, 3.05) is 18.6 Å². The fraction of sp³-hybridized carbons (Fsp3) is 0.333. The van der Waals surface area contributed by atoms with Crippen molar-refractivity contribution in [3.8, 4) is 5.75 Å². The molecule has 2 aromatic carbocycles. The summed E-state index contributed by atoms with van der Waals surface area (Å²) < 4.78 is 46.3. The van der Waals surface area contributed by atoms with Crippen LogP contribution in [0.1, 0.15) is 38.2 Å². The average molecular weight is 462 g/mol. The van der Waals surface area contributed by atoms with Crippen molar-refractivity contribution in [1.29, 1.82) is 0 Å². The van der Waals surface area contributed by atoms with Gasteiger partial charge in [-0.05, 0) is 42.8 Å². The number of hydrogen-bond donors (Lipinski definition) is 0. The number of aromatic nitrogens is 2. The average Bonchev–Trinajstić information content (AvgIpc) is 2.79.